The van der Waals surface area contributed by atoms with E-state index in [1.165, 1.54) is 10.5 Å². The number of nitrogens with zero attached hydrogens (tertiary/aromatic N) is 2. The molecule has 1 fully saturated rings. The van der Waals surface area contributed by atoms with E-state index in [-0.39, 0.29) is 5.91 Å². The Morgan fingerprint density at radius 2 is 2.12 bits per heavy atom. The maximum Gasteiger partial charge on any atom is 0.301 e. The van der Waals surface area contributed by atoms with E-state index < -0.39 is 10.2 Å². The van der Waals surface area contributed by atoms with Crippen molar-refractivity contribution in [3.05, 3.63) is 41.8 Å². The minimum Gasteiger partial charge on any atom is -0.361 e. The molecule has 1 aromatic heterocycles. The first-order valence-corrected chi connectivity index (χ1v) is 9.90. The van der Waals surface area contributed by atoms with Crippen molar-refractivity contribution in [2.75, 3.05) is 23.1 Å². The number of hydrogen-bond donors (Lipinski definition) is 2. The Bertz CT molecular complexity index is 894. The number of benzene rings is 1. The topological polar surface area (TPSA) is 105 Å². The van der Waals surface area contributed by atoms with Crippen molar-refractivity contribution in [2.45, 2.75) is 26.7 Å². The fourth-order valence-electron chi connectivity index (χ4n) is 2.95. The van der Waals surface area contributed by atoms with E-state index in [0.29, 0.717) is 41.7 Å². The molecule has 8 nitrogen and oxygen atoms in total. The van der Waals surface area contributed by atoms with Crippen molar-refractivity contribution in [3.63, 3.8) is 0 Å². The molecule has 26 heavy (non-hydrogen) atoms. The van der Waals surface area contributed by atoms with Crippen LogP contribution in [0.5, 0.6) is 0 Å². The minimum absolute atomic E-state index is 0.332. The third-order valence-electron chi connectivity index (χ3n) is 4.32. The summed E-state index contributed by atoms with van der Waals surface area (Å²) in [7, 11) is -3.62. The zero-order valence-electron chi connectivity index (χ0n) is 14.7. The maximum atomic E-state index is 12.6. The van der Waals surface area contributed by atoms with Crippen LogP contribution in [0.3, 0.4) is 0 Å². The van der Waals surface area contributed by atoms with E-state index in [1.807, 2.05) is 6.92 Å². The number of piperidine rings is 1. The van der Waals surface area contributed by atoms with Gasteiger partial charge in [0, 0.05) is 18.8 Å². The molecule has 1 unspecified atom stereocenters. The number of carbonyl (C=O) groups is 1. The fourth-order valence-corrected chi connectivity index (χ4v) is 4.33. The summed E-state index contributed by atoms with van der Waals surface area (Å²) in [4.78, 5) is 12.2. The van der Waals surface area contributed by atoms with E-state index in [1.54, 1.807) is 31.2 Å². The van der Waals surface area contributed by atoms with Crippen LogP contribution in [-0.2, 0) is 10.2 Å². The minimum atomic E-state index is -3.62. The standard InChI is InChI=1S/C17H22N4O4S/c1-12-5-4-8-21(11-12)26(23,24)20-15-7-3-6-14(9-15)19-17(22)16-10-18-25-13(16)2/h3,6-7,9-10,12,20H,4-5,8,11H2,1-2H3,(H,19,22). The molecule has 2 heterocycles. The van der Waals surface area contributed by atoms with Gasteiger partial charge in [0.05, 0.1) is 11.9 Å². The van der Waals surface area contributed by atoms with Gasteiger partial charge in [-0.25, -0.2) is 0 Å². The number of hydrogen-bond acceptors (Lipinski definition) is 5. The van der Waals surface area contributed by atoms with Crippen molar-refractivity contribution in [1.82, 2.24) is 9.46 Å². The highest BCUT2D eigenvalue weighted by Crippen LogP contribution is 2.22. The van der Waals surface area contributed by atoms with Crippen molar-refractivity contribution < 1.29 is 17.7 Å². The van der Waals surface area contributed by atoms with E-state index in [2.05, 4.69) is 15.2 Å². The van der Waals surface area contributed by atoms with Crippen LogP contribution in [0.1, 0.15) is 35.9 Å². The molecule has 0 aliphatic carbocycles. The molecule has 140 valence electrons. The second kappa shape index (κ2) is 7.46. The van der Waals surface area contributed by atoms with Gasteiger partial charge in [0.25, 0.3) is 5.91 Å². The molecular formula is C17H22N4O4S. The molecule has 1 atom stereocenters. The lowest BCUT2D eigenvalue weighted by molar-refractivity contribution is 0.102. The zero-order valence-corrected chi connectivity index (χ0v) is 15.5. The third kappa shape index (κ3) is 4.23. The molecule has 1 aliphatic rings. The molecule has 0 spiro atoms. The number of nitrogens with one attached hydrogen (secondary N) is 2. The van der Waals surface area contributed by atoms with Crippen LogP contribution in [0.15, 0.2) is 35.0 Å². The summed E-state index contributed by atoms with van der Waals surface area (Å²) in [5.41, 5.74) is 1.20. The molecular weight excluding hydrogens is 356 g/mol. The van der Waals surface area contributed by atoms with Crippen molar-refractivity contribution in [2.24, 2.45) is 5.92 Å². The fraction of sp³-hybridized carbons (Fsp3) is 0.412. The van der Waals surface area contributed by atoms with E-state index in [9.17, 15) is 13.2 Å². The molecule has 9 heteroatoms. The molecule has 2 aromatic rings. The van der Waals surface area contributed by atoms with Crippen LogP contribution in [0, 0.1) is 12.8 Å². The summed E-state index contributed by atoms with van der Waals surface area (Å²) in [5.74, 6) is 0.393. The summed E-state index contributed by atoms with van der Waals surface area (Å²) in [6, 6.07) is 6.57. The number of rotatable bonds is 5. The highest BCUT2D eigenvalue weighted by Gasteiger charge is 2.27. The Morgan fingerprint density at radius 3 is 2.81 bits per heavy atom. The molecule has 1 amide bonds. The maximum absolute atomic E-state index is 12.6. The van der Waals surface area contributed by atoms with E-state index >= 15 is 0 Å². The first-order valence-electron chi connectivity index (χ1n) is 8.46. The first kappa shape index (κ1) is 18.4. The molecule has 3 rings (SSSR count). The summed E-state index contributed by atoms with van der Waals surface area (Å²) in [6.45, 7) is 4.72. The predicted octanol–water partition coefficient (Wildman–Crippen LogP) is 2.62. The molecule has 0 saturated carbocycles. The molecule has 0 radical (unpaired) electrons. The van der Waals surface area contributed by atoms with Gasteiger partial charge in [-0.3, -0.25) is 9.52 Å². The first-order chi connectivity index (χ1) is 12.3. The number of aromatic nitrogens is 1. The monoisotopic (exact) mass is 378 g/mol. The molecule has 0 bridgehead atoms. The summed E-state index contributed by atoms with van der Waals surface area (Å²) >= 11 is 0. The largest absolute Gasteiger partial charge is 0.361 e. The predicted molar refractivity (Wildman–Crippen MR) is 98.1 cm³/mol. The van der Waals surface area contributed by atoms with Gasteiger partial charge in [-0.15, -0.1) is 0 Å². The number of amides is 1. The number of aryl methyl sites for hydroxylation is 1. The molecule has 1 saturated heterocycles. The lowest BCUT2D eigenvalue weighted by atomic mass is 10.0. The Hall–Kier alpha value is -2.39. The smallest absolute Gasteiger partial charge is 0.301 e. The van der Waals surface area contributed by atoms with Crippen LogP contribution in [0.2, 0.25) is 0 Å². The van der Waals surface area contributed by atoms with Crippen molar-refractivity contribution in [3.8, 4) is 0 Å². The molecule has 1 aromatic carbocycles. The summed E-state index contributed by atoms with van der Waals surface area (Å²) < 4.78 is 34.1. The average Bonchev–Trinajstić information content (AvgIpc) is 3.01. The lowest BCUT2D eigenvalue weighted by Crippen LogP contribution is -2.42. The van der Waals surface area contributed by atoms with Gasteiger partial charge >= 0.3 is 10.2 Å². The van der Waals surface area contributed by atoms with Crippen LogP contribution in [0.25, 0.3) is 0 Å². The highest BCUT2D eigenvalue weighted by atomic mass is 32.2. The SMILES string of the molecule is Cc1oncc1C(=O)Nc1cccc(NS(=O)(=O)N2CCCC(C)C2)c1. The van der Waals surface area contributed by atoms with Gasteiger partial charge < -0.3 is 9.84 Å². The lowest BCUT2D eigenvalue weighted by Gasteiger charge is -2.30. The van der Waals surface area contributed by atoms with Gasteiger partial charge in [-0.2, -0.15) is 12.7 Å². The van der Waals surface area contributed by atoms with E-state index in [4.69, 9.17) is 4.52 Å². The van der Waals surface area contributed by atoms with Gasteiger partial charge in [0.15, 0.2) is 0 Å². The quantitative estimate of drug-likeness (QED) is 0.832. The van der Waals surface area contributed by atoms with Gasteiger partial charge in [-0.1, -0.05) is 18.1 Å². The average molecular weight is 378 g/mol. The normalized spacial score (nSPS) is 18.5. The molecule has 1 aliphatic heterocycles. The van der Waals surface area contributed by atoms with Crippen LogP contribution in [0.4, 0.5) is 11.4 Å². The Labute approximate surface area is 152 Å². The van der Waals surface area contributed by atoms with Crippen molar-refractivity contribution >= 4 is 27.5 Å². The van der Waals surface area contributed by atoms with Gasteiger partial charge in [0.1, 0.15) is 11.3 Å². The zero-order chi connectivity index (χ0) is 18.7. The van der Waals surface area contributed by atoms with Crippen LogP contribution >= 0.6 is 0 Å². The highest BCUT2D eigenvalue weighted by molar-refractivity contribution is 7.90. The van der Waals surface area contributed by atoms with Crippen LogP contribution < -0.4 is 10.0 Å². The Morgan fingerprint density at radius 1 is 1.35 bits per heavy atom. The van der Waals surface area contributed by atoms with Crippen LogP contribution in [-0.4, -0.2) is 36.9 Å². The number of carbonyl (C=O) groups excluding carboxylic acids is 1. The summed E-state index contributed by atoms with van der Waals surface area (Å²) in [6.07, 6.45) is 3.24. The second-order valence-electron chi connectivity index (χ2n) is 6.54. The molecule has 2 N–H and O–H groups in total. The third-order valence-corrected chi connectivity index (χ3v) is 5.83. The number of anilines is 2. The van der Waals surface area contributed by atoms with E-state index in [0.717, 1.165) is 12.8 Å². The Balaban J connectivity index is 1.71. The van der Waals surface area contributed by atoms with Crippen molar-refractivity contribution in [1.29, 1.82) is 0 Å². The Kier molecular flexibility index (Phi) is 5.28. The second-order valence-corrected chi connectivity index (χ2v) is 8.21. The van der Waals surface area contributed by atoms with Gasteiger partial charge in [0.2, 0.25) is 0 Å². The summed E-state index contributed by atoms with van der Waals surface area (Å²) in [5, 5.41) is 6.29. The van der Waals surface area contributed by atoms with Gasteiger partial charge in [-0.05, 0) is 43.9 Å².